The Morgan fingerprint density at radius 2 is 1.20 bits per heavy atom. The summed E-state index contributed by atoms with van der Waals surface area (Å²) in [4.78, 5) is 9.49. The highest BCUT2D eigenvalue weighted by Gasteiger charge is 2.53. The second-order valence-corrected chi connectivity index (χ2v) is 17.4. The van der Waals surface area contributed by atoms with Gasteiger partial charge in [-0.15, -0.1) is 0 Å². The van der Waals surface area contributed by atoms with Crippen LogP contribution in [0, 0.1) is 0 Å². The molecule has 12 heteroatoms. The highest BCUT2D eigenvalue weighted by Crippen LogP contribution is 2.37. The average Bonchev–Trinajstić information content (AvgIpc) is 3.92. The van der Waals surface area contributed by atoms with Crippen LogP contribution in [-0.4, -0.2) is 61.1 Å². The van der Waals surface area contributed by atoms with Crippen LogP contribution in [0.15, 0.2) is 53.4 Å². The number of hydrogen-bond donors (Lipinski definition) is 0. The first kappa shape index (κ1) is 39.3. The number of aromatic nitrogens is 6. The van der Waals surface area contributed by atoms with Crippen LogP contribution in [0.25, 0.3) is 11.4 Å². The summed E-state index contributed by atoms with van der Waals surface area (Å²) in [6, 6.07) is 12.7. The van der Waals surface area contributed by atoms with E-state index in [-0.39, 0.29) is 30.8 Å². The lowest BCUT2D eigenvalue weighted by molar-refractivity contribution is -0.0384. The van der Waals surface area contributed by atoms with Crippen LogP contribution in [0.1, 0.15) is 153 Å². The van der Waals surface area contributed by atoms with E-state index < -0.39 is 0 Å². The monoisotopic (exact) mass is 800 g/mol. The number of aryl methyl sites for hydroxylation is 2. The zero-order valence-corrected chi connectivity index (χ0v) is 34.7. The summed E-state index contributed by atoms with van der Waals surface area (Å²) >= 11 is 3.41. The second kappa shape index (κ2) is 17.1. The number of pyridine rings is 2. The predicted molar refractivity (Wildman–Crippen MR) is 216 cm³/mol. The van der Waals surface area contributed by atoms with Crippen LogP contribution >= 0.6 is 15.9 Å². The summed E-state index contributed by atoms with van der Waals surface area (Å²) in [5.74, 6) is 1.21. The maximum Gasteiger partial charge on any atom is 0.514 e. The smallest absolute Gasteiger partial charge is 0.398 e. The number of fused-ring (bicyclic) bond motifs is 2. The molecule has 2 unspecified atom stereocenters. The summed E-state index contributed by atoms with van der Waals surface area (Å²) in [7, 11) is -0.381. The van der Waals surface area contributed by atoms with Crippen molar-refractivity contribution >= 4 is 28.6 Å². The molecule has 54 heavy (non-hydrogen) atoms. The Labute approximate surface area is 330 Å². The number of nitrogens with zero attached hydrogens (tertiary/aromatic N) is 6. The quantitative estimate of drug-likeness (QED) is 0.149. The molecular weight excluding hydrogens is 743 g/mol. The van der Waals surface area contributed by atoms with Gasteiger partial charge < -0.3 is 18.8 Å². The topological polar surface area (TPSA) is 98.3 Å². The largest absolute Gasteiger partial charge is 0.514 e. The van der Waals surface area contributed by atoms with Gasteiger partial charge in [0, 0.05) is 37.0 Å². The van der Waals surface area contributed by atoms with Crippen LogP contribution in [0.4, 0.5) is 0 Å². The van der Waals surface area contributed by atoms with E-state index in [9.17, 15) is 0 Å². The third-order valence-corrected chi connectivity index (χ3v) is 12.5. The molecular formula is C42H58BBrN6O4. The normalized spacial score (nSPS) is 25.7. The zero-order chi connectivity index (χ0) is 37.9. The van der Waals surface area contributed by atoms with Gasteiger partial charge in [0.1, 0.15) is 10.8 Å². The van der Waals surface area contributed by atoms with E-state index in [2.05, 4.69) is 96.9 Å². The summed E-state index contributed by atoms with van der Waals surface area (Å²) in [6.07, 6.45) is 17.9. The lowest BCUT2D eigenvalue weighted by Gasteiger charge is -2.32. The fourth-order valence-corrected chi connectivity index (χ4v) is 8.49. The second-order valence-electron chi connectivity index (χ2n) is 16.6. The van der Waals surface area contributed by atoms with Gasteiger partial charge in [-0.3, -0.25) is 4.98 Å². The van der Waals surface area contributed by atoms with Crippen molar-refractivity contribution in [3.63, 3.8) is 0 Å². The van der Waals surface area contributed by atoms with Gasteiger partial charge in [-0.05, 0) is 168 Å². The molecule has 290 valence electrons. The van der Waals surface area contributed by atoms with E-state index >= 15 is 0 Å². The van der Waals surface area contributed by atoms with Crippen LogP contribution in [0.3, 0.4) is 0 Å². The third kappa shape index (κ3) is 8.73. The van der Waals surface area contributed by atoms with Crippen molar-refractivity contribution in [2.75, 3.05) is 13.2 Å². The highest BCUT2D eigenvalue weighted by molar-refractivity contribution is 9.10. The molecule has 4 aromatic rings. The minimum atomic E-state index is -0.381. The van der Waals surface area contributed by atoms with Gasteiger partial charge in [-0.25, -0.2) is 14.3 Å². The van der Waals surface area contributed by atoms with Gasteiger partial charge in [0.2, 0.25) is 0 Å². The number of rotatable bonds is 4. The zero-order valence-electron chi connectivity index (χ0n) is 33.1. The van der Waals surface area contributed by atoms with Gasteiger partial charge in [0.25, 0.3) is 0 Å². The molecule has 0 N–H and O–H groups in total. The van der Waals surface area contributed by atoms with Crippen LogP contribution < -0.4 is 5.59 Å². The third-order valence-electron chi connectivity index (χ3n) is 12.1. The molecule has 9 rings (SSSR count). The van der Waals surface area contributed by atoms with Gasteiger partial charge in [-0.2, -0.15) is 10.2 Å². The first-order chi connectivity index (χ1) is 26.0. The van der Waals surface area contributed by atoms with E-state index in [1.54, 1.807) is 6.20 Å². The molecule has 0 radical (unpaired) electrons. The minimum absolute atomic E-state index is 0.00720. The maximum absolute atomic E-state index is 6.10. The summed E-state index contributed by atoms with van der Waals surface area (Å²) in [6.45, 7) is 14.4. The lowest BCUT2D eigenvalue weighted by atomic mass is 9.84. The lowest BCUT2D eigenvalue weighted by Crippen LogP contribution is -2.42. The Morgan fingerprint density at radius 1 is 0.648 bits per heavy atom. The first-order valence-corrected chi connectivity index (χ1v) is 21.1. The molecule has 4 atom stereocenters. The molecule has 5 aliphatic rings. The minimum Gasteiger partial charge on any atom is -0.398 e. The van der Waals surface area contributed by atoms with Crippen molar-refractivity contribution in [3.05, 3.63) is 75.9 Å². The molecule has 0 amide bonds. The molecule has 0 saturated carbocycles. The van der Waals surface area contributed by atoms with Crippen LogP contribution in [-0.2, 0) is 31.6 Å². The molecule has 0 spiro atoms. The fraction of sp³-hybridized carbons (Fsp3) is 0.619. The summed E-state index contributed by atoms with van der Waals surface area (Å²) in [5, 5.41) is 8.91. The Balaban J connectivity index is 0.000000130. The summed E-state index contributed by atoms with van der Waals surface area (Å²) < 4.78 is 28.8. The van der Waals surface area contributed by atoms with Crippen LogP contribution in [0.5, 0.6) is 0 Å². The molecule has 3 fully saturated rings. The van der Waals surface area contributed by atoms with Gasteiger partial charge >= 0.3 is 7.12 Å². The molecule has 10 nitrogen and oxygen atoms in total. The predicted octanol–water partition coefficient (Wildman–Crippen LogP) is 9.25. The number of hydrogen-bond acceptors (Lipinski definition) is 8. The standard InChI is InChI=1S/C18H23N3O.C14H23BN2O3.C10H12BrN/c1-13-5-4-6-14-8-9-15(20-18(13)14)16-10-11-19-21(16)17-7-2-3-12-22-17;1-13(2)14(3,4)20-15(19-13)11-8-9-16-17(11)12-7-5-6-10-18-12;1-7-3-2-4-8-5-6-9(11)12-10(7)8/h8-11,13,17H,2-7,12H2,1H3;8-9,12H,5-7,10H2,1-4H3;5-7H,2-4H2,1H3/t13-,17?;;7-/m1.1/s1. The van der Waals surface area contributed by atoms with Crippen molar-refractivity contribution in [1.29, 1.82) is 0 Å². The molecule has 3 aliphatic heterocycles. The van der Waals surface area contributed by atoms with E-state index in [0.29, 0.717) is 11.8 Å². The van der Waals surface area contributed by atoms with E-state index in [1.165, 1.54) is 67.5 Å². The molecule has 0 aromatic carbocycles. The molecule has 3 saturated heterocycles. The van der Waals surface area contributed by atoms with E-state index in [1.807, 2.05) is 27.7 Å². The highest BCUT2D eigenvalue weighted by atomic mass is 79.9. The van der Waals surface area contributed by atoms with Gasteiger partial charge in [-0.1, -0.05) is 26.0 Å². The molecule has 2 aliphatic carbocycles. The Morgan fingerprint density at radius 3 is 1.81 bits per heavy atom. The molecule has 4 aromatic heterocycles. The molecule has 0 bridgehead atoms. The number of halogens is 1. The van der Waals surface area contributed by atoms with Crippen molar-refractivity contribution < 1.29 is 18.8 Å². The SMILES string of the molecule is CC1(C)OB(c2ccnn2C2CCCCO2)OC1(C)C.C[C@@H]1CCCc2ccc(-c3ccnn3C3CCCCO3)nc21.C[C@@H]1CCCc2ccc(Br)nc21. The van der Waals surface area contributed by atoms with E-state index in [0.717, 1.165) is 66.9 Å². The van der Waals surface area contributed by atoms with Crippen molar-refractivity contribution in [3.8, 4) is 11.4 Å². The Hall–Kier alpha value is -2.90. The fourth-order valence-electron chi connectivity index (χ4n) is 8.17. The molecule has 7 heterocycles. The van der Waals surface area contributed by atoms with Crippen molar-refractivity contribution in [2.45, 2.75) is 154 Å². The maximum atomic E-state index is 6.10. The average molecular weight is 802 g/mol. The first-order valence-electron chi connectivity index (χ1n) is 20.3. The Kier molecular flexibility index (Phi) is 12.4. The Bertz CT molecular complexity index is 1830. The van der Waals surface area contributed by atoms with E-state index in [4.69, 9.17) is 23.8 Å². The van der Waals surface area contributed by atoms with Crippen LogP contribution in [0.2, 0.25) is 0 Å². The number of ether oxygens (including phenoxy) is 2. The van der Waals surface area contributed by atoms with Crippen molar-refractivity contribution in [2.24, 2.45) is 0 Å². The summed E-state index contributed by atoms with van der Waals surface area (Å²) in [5.41, 5.74) is 7.82. The van der Waals surface area contributed by atoms with Gasteiger partial charge in [0.05, 0.1) is 28.2 Å². The van der Waals surface area contributed by atoms with Gasteiger partial charge in [0.15, 0.2) is 6.23 Å². The van der Waals surface area contributed by atoms with Crippen molar-refractivity contribution in [1.82, 2.24) is 29.5 Å².